The SMILES string of the molecule is COc1cc2c(cc1OCc1ccccc1)[C@@]1(CCc3cc4c(cc3C1=O)OCO4)OC2=O. The van der Waals surface area contributed by atoms with E-state index in [2.05, 4.69) is 0 Å². The minimum Gasteiger partial charge on any atom is -0.493 e. The molecule has 0 N–H and O–H groups in total. The Hall–Kier alpha value is -4.00. The lowest BCUT2D eigenvalue weighted by Crippen LogP contribution is -2.40. The molecular formula is C26H20O7. The van der Waals surface area contributed by atoms with Crippen molar-refractivity contribution in [3.63, 3.8) is 0 Å². The highest BCUT2D eigenvalue weighted by Crippen LogP contribution is 2.50. The van der Waals surface area contributed by atoms with Gasteiger partial charge in [0.25, 0.3) is 0 Å². The van der Waals surface area contributed by atoms with Crippen LogP contribution in [0.25, 0.3) is 0 Å². The molecule has 3 aliphatic rings. The summed E-state index contributed by atoms with van der Waals surface area (Å²) in [4.78, 5) is 26.6. The van der Waals surface area contributed by atoms with Gasteiger partial charge in [-0.25, -0.2) is 4.79 Å². The largest absolute Gasteiger partial charge is 0.493 e. The van der Waals surface area contributed by atoms with Gasteiger partial charge in [0.05, 0.1) is 12.7 Å². The number of ether oxygens (including phenoxy) is 5. The molecule has 0 fully saturated rings. The molecule has 7 nitrogen and oxygen atoms in total. The number of benzene rings is 3. The average molecular weight is 444 g/mol. The molecule has 0 unspecified atom stereocenters. The number of hydrogen-bond acceptors (Lipinski definition) is 7. The molecule has 2 heterocycles. The van der Waals surface area contributed by atoms with E-state index in [1.54, 1.807) is 18.2 Å². The van der Waals surface area contributed by atoms with Crippen LogP contribution in [0.4, 0.5) is 0 Å². The van der Waals surface area contributed by atoms with Crippen LogP contribution in [-0.4, -0.2) is 25.7 Å². The first-order valence-corrected chi connectivity index (χ1v) is 10.7. The highest BCUT2D eigenvalue weighted by atomic mass is 16.7. The summed E-state index contributed by atoms with van der Waals surface area (Å²) in [6.07, 6.45) is 0.887. The summed E-state index contributed by atoms with van der Waals surface area (Å²) >= 11 is 0. The van der Waals surface area contributed by atoms with Crippen molar-refractivity contribution in [2.24, 2.45) is 0 Å². The van der Waals surface area contributed by atoms with Gasteiger partial charge >= 0.3 is 5.97 Å². The van der Waals surface area contributed by atoms with Gasteiger partial charge in [0.15, 0.2) is 23.0 Å². The quantitative estimate of drug-likeness (QED) is 0.558. The van der Waals surface area contributed by atoms with E-state index in [9.17, 15) is 9.59 Å². The van der Waals surface area contributed by atoms with Crippen LogP contribution in [0, 0.1) is 0 Å². The maximum Gasteiger partial charge on any atom is 0.340 e. The fraction of sp³-hybridized carbons (Fsp3) is 0.231. The van der Waals surface area contributed by atoms with Crippen LogP contribution in [0.3, 0.4) is 0 Å². The third kappa shape index (κ3) is 2.96. The van der Waals surface area contributed by atoms with E-state index in [1.165, 1.54) is 7.11 Å². The van der Waals surface area contributed by atoms with Gasteiger partial charge in [-0.3, -0.25) is 4.79 Å². The Kier molecular flexibility index (Phi) is 4.33. The van der Waals surface area contributed by atoms with Crippen molar-refractivity contribution in [3.8, 4) is 23.0 Å². The number of esters is 1. The summed E-state index contributed by atoms with van der Waals surface area (Å²) in [7, 11) is 1.51. The molecule has 1 aliphatic carbocycles. The molecule has 166 valence electrons. The summed E-state index contributed by atoms with van der Waals surface area (Å²) in [5, 5.41) is 0. The predicted molar refractivity (Wildman–Crippen MR) is 116 cm³/mol. The molecule has 0 saturated heterocycles. The zero-order chi connectivity index (χ0) is 22.6. The van der Waals surface area contributed by atoms with E-state index in [-0.39, 0.29) is 12.6 Å². The molecule has 33 heavy (non-hydrogen) atoms. The third-order valence-corrected chi connectivity index (χ3v) is 6.42. The van der Waals surface area contributed by atoms with Crippen LogP contribution in [0.5, 0.6) is 23.0 Å². The van der Waals surface area contributed by atoms with E-state index in [0.29, 0.717) is 59.1 Å². The molecule has 1 atom stereocenters. The van der Waals surface area contributed by atoms with E-state index < -0.39 is 11.6 Å². The number of Topliss-reactive ketones (excluding diaryl/α,β-unsaturated/α-hetero) is 1. The lowest BCUT2D eigenvalue weighted by molar-refractivity contribution is -0.00638. The zero-order valence-corrected chi connectivity index (χ0v) is 17.9. The molecule has 3 aromatic carbocycles. The van der Waals surface area contributed by atoms with Crippen molar-refractivity contribution in [2.45, 2.75) is 25.0 Å². The van der Waals surface area contributed by atoms with Crippen LogP contribution in [0.2, 0.25) is 0 Å². The fourth-order valence-corrected chi connectivity index (χ4v) is 4.74. The molecule has 2 aliphatic heterocycles. The number of methoxy groups -OCH3 is 1. The van der Waals surface area contributed by atoms with Crippen molar-refractivity contribution in [1.82, 2.24) is 0 Å². The molecule has 0 aromatic heterocycles. The second-order valence-corrected chi connectivity index (χ2v) is 8.23. The number of ketones is 1. The van der Waals surface area contributed by atoms with E-state index in [1.807, 2.05) is 36.4 Å². The first-order chi connectivity index (χ1) is 16.1. The highest BCUT2D eigenvalue weighted by Gasteiger charge is 2.54. The molecule has 0 bridgehead atoms. The van der Waals surface area contributed by atoms with Crippen molar-refractivity contribution in [2.75, 3.05) is 13.9 Å². The van der Waals surface area contributed by atoms with Crippen LogP contribution < -0.4 is 18.9 Å². The van der Waals surface area contributed by atoms with Crippen molar-refractivity contribution < 1.29 is 33.3 Å². The van der Waals surface area contributed by atoms with Gasteiger partial charge in [-0.05, 0) is 41.8 Å². The van der Waals surface area contributed by atoms with Gasteiger partial charge in [0, 0.05) is 17.5 Å². The van der Waals surface area contributed by atoms with Crippen molar-refractivity contribution >= 4 is 11.8 Å². The highest BCUT2D eigenvalue weighted by molar-refractivity contribution is 6.11. The number of hydrogen-bond donors (Lipinski definition) is 0. The Morgan fingerprint density at radius 2 is 1.73 bits per heavy atom. The minimum absolute atomic E-state index is 0.122. The lowest BCUT2D eigenvalue weighted by Gasteiger charge is -2.32. The molecule has 0 saturated carbocycles. The van der Waals surface area contributed by atoms with Gasteiger partial charge < -0.3 is 23.7 Å². The fourth-order valence-electron chi connectivity index (χ4n) is 4.74. The Labute approximate surface area is 189 Å². The molecule has 6 rings (SSSR count). The standard InChI is InChI=1S/C26H20O7/c1-29-20-11-18-19(12-23(20)30-13-15-5-3-2-4-6-15)26(33-25(18)28)8-7-16-9-21-22(32-14-31-21)10-17(16)24(26)27/h2-6,9-12H,7-8,13-14H2,1H3/t26-/m1/s1. The maximum absolute atomic E-state index is 13.7. The topological polar surface area (TPSA) is 80.3 Å². The van der Waals surface area contributed by atoms with Crippen molar-refractivity contribution in [1.29, 1.82) is 0 Å². The Morgan fingerprint density at radius 3 is 2.52 bits per heavy atom. The minimum atomic E-state index is -1.40. The van der Waals surface area contributed by atoms with Gasteiger partial charge in [0.2, 0.25) is 18.2 Å². The van der Waals surface area contributed by atoms with Gasteiger partial charge in [0.1, 0.15) is 6.61 Å². The summed E-state index contributed by atoms with van der Waals surface area (Å²) in [6, 6.07) is 16.5. The Balaban J connectivity index is 1.41. The van der Waals surface area contributed by atoms with Crippen LogP contribution in [0.1, 0.15) is 43.8 Å². The molecule has 7 heteroatoms. The zero-order valence-electron chi connectivity index (χ0n) is 17.9. The Morgan fingerprint density at radius 1 is 0.939 bits per heavy atom. The van der Waals surface area contributed by atoms with Crippen molar-refractivity contribution in [3.05, 3.63) is 82.4 Å². The monoisotopic (exact) mass is 444 g/mol. The third-order valence-electron chi connectivity index (χ3n) is 6.42. The van der Waals surface area contributed by atoms with Gasteiger partial charge in [-0.2, -0.15) is 0 Å². The Bertz CT molecular complexity index is 1300. The molecule has 0 radical (unpaired) electrons. The maximum atomic E-state index is 13.7. The van der Waals surface area contributed by atoms with Gasteiger partial charge in [-0.15, -0.1) is 0 Å². The first-order valence-electron chi connectivity index (χ1n) is 10.7. The van der Waals surface area contributed by atoms with Crippen LogP contribution >= 0.6 is 0 Å². The molecular weight excluding hydrogens is 424 g/mol. The van der Waals surface area contributed by atoms with Crippen LogP contribution in [0.15, 0.2) is 54.6 Å². The normalized spacial score (nSPS) is 19.8. The first kappa shape index (κ1) is 19.7. The predicted octanol–water partition coefficient (Wildman–Crippen LogP) is 4.20. The van der Waals surface area contributed by atoms with E-state index >= 15 is 0 Å². The number of rotatable bonds is 4. The van der Waals surface area contributed by atoms with Gasteiger partial charge in [-0.1, -0.05) is 30.3 Å². The second-order valence-electron chi connectivity index (χ2n) is 8.23. The summed E-state index contributed by atoms with van der Waals surface area (Å²) in [5.74, 6) is 1.18. The summed E-state index contributed by atoms with van der Waals surface area (Å²) in [6.45, 7) is 0.440. The van der Waals surface area contributed by atoms with E-state index in [0.717, 1.165) is 11.1 Å². The number of aryl methyl sites for hydroxylation is 1. The number of fused-ring (bicyclic) bond motifs is 4. The average Bonchev–Trinajstić information content (AvgIpc) is 3.41. The summed E-state index contributed by atoms with van der Waals surface area (Å²) in [5.41, 5.74) is 1.74. The smallest absolute Gasteiger partial charge is 0.340 e. The molecule has 3 aromatic rings. The second kappa shape index (κ2) is 7.27. The molecule has 0 amide bonds. The number of carbonyl (C=O) groups excluding carboxylic acids is 2. The number of carbonyl (C=O) groups is 2. The summed E-state index contributed by atoms with van der Waals surface area (Å²) < 4.78 is 28.2. The molecule has 1 spiro atoms. The lowest BCUT2D eigenvalue weighted by atomic mass is 9.75. The van der Waals surface area contributed by atoms with Crippen LogP contribution in [-0.2, 0) is 23.4 Å². The van der Waals surface area contributed by atoms with E-state index in [4.69, 9.17) is 23.7 Å².